The Morgan fingerprint density at radius 3 is 2.03 bits per heavy atom. The summed E-state index contributed by atoms with van der Waals surface area (Å²) in [5.41, 5.74) is 5.00. The van der Waals surface area contributed by atoms with Crippen LogP contribution in [0.4, 0.5) is 4.39 Å². The van der Waals surface area contributed by atoms with Crippen molar-refractivity contribution in [1.29, 1.82) is 0 Å². The molecule has 0 unspecified atom stereocenters. The number of rotatable bonds is 6. The molecular weight excluding hydrogens is 482 g/mol. The summed E-state index contributed by atoms with van der Waals surface area (Å²) in [6.45, 7) is 23.3. The SMILES string of the molecule is CCOC(=O)c1cc(B2OC(C)(C)C(C)(C)O2)c2c(C#C[Si](C(C)C)(C(C)C)C(C)C)c(F)ccc2c1. The van der Waals surface area contributed by atoms with E-state index in [4.69, 9.17) is 14.0 Å². The van der Waals surface area contributed by atoms with Gasteiger partial charge in [-0.1, -0.05) is 53.5 Å². The number of carbonyl (C=O) groups excluding carboxylic acids is 1. The summed E-state index contributed by atoms with van der Waals surface area (Å²) in [5, 5.41) is 1.32. The van der Waals surface area contributed by atoms with Crippen LogP contribution in [0.15, 0.2) is 24.3 Å². The molecule has 200 valence electrons. The molecule has 0 atom stereocenters. The Hall–Kier alpha value is -2.14. The Bertz CT molecular complexity index is 1200. The van der Waals surface area contributed by atoms with Crippen LogP contribution in [0, 0.1) is 17.3 Å². The van der Waals surface area contributed by atoms with Crippen LogP contribution in [0.5, 0.6) is 0 Å². The largest absolute Gasteiger partial charge is 0.495 e. The van der Waals surface area contributed by atoms with Gasteiger partial charge in [0, 0.05) is 5.39 Å². The Balaban J connectivity index is 2.36. The zero-order chi connectivity index (χ0) is 27.9. The third-order valence-corrected chi connectivity index (χ3v) is 14.7. The van der Waals surface area contributed by atoms with Crippen molar-refractivity contribution in [2.45, 2.75) is 104 Å². The monoisotopic (exact) mass is 524 g/mol. The van der Waals surface area contributed by atoms with Crippen molar-refractivity contribution < 1.29 is 23.2 Å². The van der Waals surface area contributed by atoms with Crippen molar-refractivity contribution >= 4 is 37.4 Å². The van der Waals surface area contributed by atoms with Crippen LogP contribution in [-0.4, -0.2) is 39.0 Å². The van der Waals surface area contributed by atoms with E-state index in [0.717, 1.165) is 0 Å². The number of hydrogen-bond donors (Lipinski definition) is 0. The molecule has 2 aromatic carbocycles. The fraction of sp³-hybridized carbons (Fsp3) is 0.567. The molecule has 37 heavy (non-hydrogen) atoms. The van der Waals surface area contributed by atoms with Crippen molar-refractivity contribution in [2.75, 3.05) is 6.61 Å². The lowest BCUT2D eigenvalue weighted by atomic mass is 9.74. The maximum absolute atomic E-state index is 15.6. The number of ether oxygens (including phenoxy) is 1. The van der Waals surface area contributed by atoms with Gasteiger partial charge in [0.25, 0.3) is 0 Å². The smallest absolute Gasteiger partial charge is 0.462 e. The van der Waals surface area contributed by atoms with Crippen molar-refractivity contribution in [2.24, 2.45) is 0 Å². The Morgan fingerprint density at radius 1 is 1.00 bits per heavy atom. The summed E-state index contributed by atoms with van der Waals surface area (Å²) in [6, 6.07) is 6.57. The molecule has 0 amide bonds. The first-order valence-corrected chi connectivity index (χ1v) is 15.6. The summed E-state index contributed by atoms with van der Waals surface area (Å²) in [4.78, 5) is 12.7. The lowest BCUT2D eigenvalue weighted by molar-refractivity contribution is 0.00578. The van der Waals surface area contributed by atoms with Gasteiger partial charge in [0.1, 0.15) is 13.9 Å². The van der Waals surface area contributed by atoms with E-state index in [1.54, 1.807) is 25.1 Å². The van der Waals surface area contributed by atoms with Gasteiger partial charge >= 0.3 is 13.1 Å². The Morgan fingerprint density at radius 2 is 1.54 bits per heavy atom. The highest BCUT2D eigenvalue weighted by molar-refractivity contribution is 6.90. The van der Waals surface area contributed by atoms with E-state index in [1.165, 1.54) is 6.07 Å². The van der Waals surface area contributed by atoms with E-state index in [9.17, 15) is 4.79 Å². The van der Waals surface area contributed by atoms with Crippen LogP contribution in [0.3, 0.4) is 0 Å². The highest BCUT2D eigenvalue weighted by atomic mass is 28.3. The van der Waals surface area contributed by atoms with E-state index >= 15 is 4.39 Å². The average Bonchev–Trinajstić information content (AvgIpc) is 3.00. The fourth-order valence-electron chi connectivity index (χ4n) is 5.69. The van der Waals surface area contributed by atoms with E-state index in [2.05, 4.69) is 53.0 Å². The van der Waals surface area contributed by atoms with Crippen LogP contribution < -0.4 is 5.46 Å². The van der Waals surface area contributed by atoms with E-state index in [1.807, 2.05) is 27.7 Å². The van der Waals surface area contributed by atoms with Crippen molar-refractivity contribution in [3.8, 4) is 11.5 Å². The van der Waals surface area contributed by atoms with Crippen molar-refractivity contribution in [3.63, 3.8) is 0 Å². The van der Waals surface area contributed by atoms with Crippen LogP contribution in [0.2, 0.25) is 16.6 Å². The molecule has 0 aromatic heterocycles. The Labute approximate surface area is 223 Å². The predicted octanol–water partition coefficient (Wildman–Crippen LogP) is 7.02. The lowest BCUT2D eigenvalue weighted by Gasteiger charge is -2.38. The normalized spacial score (nSPS) is 17.0. The highest BCUT2D eigenvalue weighted by Gasteiger charge is 2.52. The summed E-state index contributed by atoms with van der Waals surface area (Å²) in [6.07, 6.45) is 0. The molecule has 1 aliphatic heterocycles. The molecule has 1 saturated heterocycles. The second kappa shape index (κ2) is 10.6. The molecule has 0 aliphatic carbocycles. The average molecular weight is 525 g/mol. The summed E-state index contributed by atoms with van der Waals surface area (Å²) < 4.78 is 33.6. The topological polar surface area (TPSA) is 44.8 Å². The van der Waals surface area contributed by atoms with Gasteiger partial charge in [-0.25, -0.2) is 9.18 Å². The minimum atomic E-state index is -2.12. The van der Waals surface area contributed by atoms with Gasteiger partial charge in [0.15, 0.2) is 0 Å². The van der Waals surface area contributed by atoms with Gasteiger partial charge in [-0.3, -0.25) is 0 Å². The second-order valence-electron chi connectivity index (χ2n) is 12.0. The van der Waals surface area contributed by atoms with E-state index in [0.29, 0.717) is 44.0 Å². The number of benzene rings is 2. The zero-order valence-electron chi connectivity index (χ0n) is 24.3. The quantitative estimate of drug-likeness (QED) is 0.231. The van der Waals surface area contributed by atoms with E-state index in [-0.39, 0.29) is 12.4 Å². The molecule has 0 radical (unpaired) electrons. The molecule has 3 rings (SSSR count). The molecule has 0 spiro atoms. The summed E-state index contributed by atoms with van der Waals surface area (Å²) in [7, 11) is -2.91. The molecule has 1 aliphatic rings. The fourth-order valence-corrected chi connectivity index (χ4v) is 10.9. The maximum Gasteiger partial charge on any atom is 0.495 e. The van der Waals surface area contributed by atoms with Gasteiger partial charge < -0.3 is 14.0 Å². The first-order valence-electron chi connectivity index (χ1n) is 13.4. The Kier molecular flexibility index (Phi) is 8.39. The minimum Gasteiger partial charge on any atom is -0.462 e. The van der Waals surface area contributed by atoms with Gasteiger partial charge in [0.2, 0.25) is 0 Å². The summed E-state index contributed by atoms with van der Waals surface area (Å²) in [5.74, 6) is 2.50. The van der Waals surface area contributed by atoms with Crippen molar-refractivity contribution in [3.05, 3.63) is 41.2 Å². The molecule has 0 N–H and O–H groups in total. The summed E-state index contributed by atoms with van der Waals surface area (Å²) >= 11 is 0. The lowest BCUT2D eigenvalue weighted by Crippen LogP contribution is -2.43. The van der Waals surface area contributed by atoms with Gasteiger partial charge in [-0.05, 0) is 80.3 Å². The van der Waals surface area contributed by atoms with Crippen LogP contribution in [0.1, 0.15) is 92.1 Å². The molecule has 1 fully saturated rings. The van der Waals surface area contributed by atoms with Crippen LogP contribution >= 0.6 is 0 Å². The van der Waals surface area contributed by atoms with Gasteiger partial charge in [0.05, 0.1) is 28.9 Å². The maximum atomic E-state index is 15.6. The first kappa shape index (κ1) is 29.4. The number of fused-ring (bicyclic) bond motifs is 1. The number of halogens is 1. The molecule has 0 saturated carbocycles. The number of carbonyl (C=O) groups is 1. The van der Waals surface area contributed by atoms with Crippen LogP contribution in [-0.2, 0) is 14.0 Å². The zero-order valence-corrected chi connectivity index (χ0v) is 25.3. The van der Waals surface area contributed by atoms with E-state index < -0.39 is 32.4 Å². The highest BCUT2D eigenvalue weighted by Crippen LogP contribution is 2.41. The molecule has 2 aromatic rings. The standard InChI is InChI=1S/C30H42BFO4Si/c1-12-34-28(33)23-17-22-13-14-26(32)24(15-16-37(19(2)3,20(4)5)21(6)7)27(22)25(18-23)31-35-29(8,9)30(10,11)36-31/h13-14,17-21H,12H2,1-11H3. The molecule has 0 bridgehead atoms. The number of esters is 1. The second-order valence-corrected chi connectivity index (χ2v) is 17.6. The van der Waals surface area contributed by atoms with Crippen LogP contribution in [0.25, 0.3) is 10.8 Å². The third kappa shape index (κ3) is 5.26. The van der Waals surface area contributed by atoms with Gasteiger partial charge in [-0.15, -0.1) is 5.54 Å². The molecular formula is C30H42BFO4Si. The molecule has 1 heterocycles. The molecule has 4 nitrogen and oxygen atoms in total. The van der Waals surface area contributed by atoms with Crippen molar-refractivity contribution in [1.82, 2.24) is 0 Å². The first-order chi connectivity index (χ1) is 17.1. The molecule has 7 heteroatoms. The predicted molar refractivity (Wildman–Crippen MR) is 154 cm³/mol. The number of hydrogen-bond acceptors (Lipinski definition) is 4. The minimum absolute atomic E-state index is 0.259. The third-order valence-electron chi connectivity index (χ3n) is 8.39. The van der Waals surface area contributed by atoms with Gasteiger partial charge in [-0.2, -0.15) is 0 Å².